The highest BCUT2D eigenvalue weighted by molar-refractivity contribution is 5.86. The highest BCUT2D eigenvalue weighted by Crippen LogP contribution is 2.36. The monoisotopic (exact) mass is 373 g/mol. The zero-order valence-corrected chi connectivity index (χ0v) is 16.3. The first kappa shape index (κ1) is 18.7. The molecule has 3 heteroatoms. The molecule has 3 atom stereocenters. The average Bonchev–Trinajstić information content (AvgIpc) is 3.20. The number of hydrogen-bond acceptors (Lipinski definition) is 3. The molecule has 3 aromatic carbocycles. The molecule has 28 heavy (non-hydrogen) atoms. The van der Waals surface area contributed by atoms with E-state index in [1.54, 1.807) is 0 Å². The normalized spacial score (nSPS) is 20.2. The van der Waals surface area contributed by atoms with Gasteiger partial charge in [0, 0.05) is 12.1 Å². The number of benzene rings is 3. The molecule has 0 bridgehead atoms. The maximum Gasteiger partial charge on any atom is 0.157 e. The van der Waals surface area contributed by atoms with E-state index in [0.29, 0.717) is 18.0 Å². The Morgan fingerprint density at radius 3 is 2.64 bits per heavy atom. The summed E-state index contributed by atoms with van der Waals surface area (Å²) in [5.74, 6) is 1.34. The molecule has 1 aliphatic rings. The summed E-state index contributed by atoms with van der Waals surface area (Å²) >= 11 is 0. The number of rotatable bonds is 7. The Hall–Kier alpha value is -2.65. The summed E-state index contributed by atoms with van der Waals surface area (Å²) in [6.07, 6.45) is 4.33. The second-order valence-electron chi connectivity index (χ2n) is 7.71. The second kappa shape index (κ2) is 8.57. The van der Waals surface area contributed by atoms with E-state index < -0.39 is 0 Å². The van der Waals surface area contributed by atoms with Crippen LogP contribution in [0.4, 0.5) is 0 Å². The van der Waals surface area contributed by atoms with Gasteiger partial charge in [-0.15, -0.1) is 0 Å². The molecular formula is C25H27NO2. The summed E-state index contributed by atoms with van der Waals surface area (Å²) in [5, 5.41) is 6.50. The van der Waals surface area contributed by atoms with E-state index >= 15 is 0 Å². The van der Waals surface area contributed by atoms with Crippen molar-refractivity contribution in [3.05, 3.63) is 77.9 Å². The lowest BCUT2D eigenvalue weighted by molar-refractivity contribution is -0.109. The van der Waals surface area contributed by atoms with Crippen molar-refractivity contribution in [3.8, 4) is 5.75 Å². The van der Waals surface area contributed by atoms with Gasteiger partial charge in [0.1, 0.15) is 12.4 Å². The smallest absolute Gasteiger partial charge is 0.157 e. The standard InChI is InChI=1S/C25H27NO2/c1-18(24-8-4-6-20-5-2-3-7-25(20)24)26-22-12-9-21(17-22)19-10-13-23(14-11-19)28-16-15-27/h2-8,10-11,13-15,18,21-22,26H,9,12,16-17H2,1H3. The molecule has 0 aliphatic heterocycles. The maximum atomic E-state index is 10.4. The minimum absolute atomic E-state index is 0.112. The number of aldehydes is 1. The molecule has 1 fully saturated rings. The van der Waals surface area contributed by atoms with Gasteiger partial charge in [-0.2, -0.15) is 0 Å². The fraction of sp³-hybridized carbons (Fsp3) is 0.320. The summed E-state index contributed by atoms with van der Waals surface area (Å²) in [7, 11) is 0. The van der Waals surface area contributed by atoms with Crippen molar-refractivity contribution in [2.75, 3.05) is 6.61 Å². The van der Waals surface area contributed by atoms with E-state index in [9.17, 15) is 4.79 Å². The molecule has 0 aromatic heterocycles. The van der Waals surface area contributed by atoms with Crippen LogP contribution in [-0.2, 0) is 4.79 Å². The van der Waals surface area contributed by atoms with E-state index in [1.165, 1.54) is 34.7 Å². The zero-order valence-electron chi connectivity index (χ0n) is 16.3. The van der Waals surface area contributed by atoms with Crippen LogP contribution in [0.2, 0.25) is 0 Å². The van der Waals surface area contributed by atoms with Gasteiger partial charge in [-0.05, 0) is 66.1 Å². The van der Waals surface area contributed by atoms with Crippen LogP contribution < -0.4 is 10.1 Å². The average molecular weight is 373 g/mol. The summed E-state index contributed by atoms with van der Waals surface area (Å²) < 4.78 is 5.35. The third-order valence-electron chi connectivity index (χ3n) is 5.88. The molecule has 1 saturated carbocycles. The van der Waals surface area contributed by atoms with Crippen molar-refractivity contribution in [2.24, 2.45) is 0 Å². The second-order valence-corrected chi connectivity index (χ2v) is 7.71. The lowest BCUT2D eigenvalue weighted by atomic mass is 9.96. The van der Waals surface area contributed by atoms with E-state index in [2.05, 4.69) is 66.8 Å². The van der Waals surface area contributed by atoms with Gasteiger partial charge in [-0.25, -0.2) is 0 Å². The van der Waals surface area contributed by atoms with Gasteiger partial charge >= 0.3 is 0 Å². The topological polar surface area (TPSA) is 38.3 Å². The molecule has 3 aromatic rings. The van der Waals surface area contributed by atoms with Crippen molar-refractivity contribution < 1.29 is 9.53 Å². The van der Waals surface area contributed by atoms with E-state index in [0.717, 1.165) is 18.5 Å². The molecule has 0 saturated heterocycles. The SMILES string of the molecule is CC(NC1CCC(c2ccc(OCC=O)cc2)C1)c1cccc2ccccc12. The number of fused-ring (bicyclic) bond motifs is 1. The van der Waals surface area contributed by atoms with Crippen LogP contribution in [0.5, 0.6) is 5.75 Å². The zero-order chi connectivity index (χ0) is 19.3. The van der Waals surface area contributed by atoms with Crippen LogP contribution in [0.25, 0.3) is 10.8 Å². The van der Waals surface area contributed by atoms with Crippen LogP contribution >= 0.6 is 0 Å². The fourth-order valence-corrected chi connectivity index (χ4v) is 4.47. The molecule has 1 N–H and O–H groups in total. The Morgan fingerprint density at radius 1 is 1.04 bits per heavy atom. The summed E-state index contributed by atoms with van der Waals surface area (Å²) in [5.41, 5.74) is 2.73. The Balaban J connectivity index is 1.39. The number of carbonyl (C=O) groups excluding carboxylic acids is 1. The van der Waals surface area contributed by atoms with Crippen molar-refractivity contribution in [3.63, 3.8) is 0 Å². The number of ether oxygens (including phenoxy) is 1. The Kier molecular flexibility index (Phi) is 5.73. The molecule has 144 valence electrons. The summed E-state index contributed by atoms with van der Waals surface area (Å²) in [6.45, 7) is 2.38. The van der Waals surface area contributed by atoms with E-state index in [4.69, 9.17) is 4.74 Å². The van der Waals surface area contributed by atoms with Crippen molar-refractivity contribution >= 4 is 17.1 Å². The predicted octanol–water partition coefficient (Wildman–Crippen LogP) is 5.40. The Morgan fingerprint density at radius 2 is 1.82 bits per heavy atom. The minimum atomic E-state index is 0.112. The predicted molar refractivity (Wildman–Crippen MR) is 114 cm³/mol. The van der Waals surface area contributed by atoms with E-state index in [-0.39, 0.29) is 6.61 Å². The highest BCUT2D eigenvalue weighted by atomic mass is 16.5. The van der Waals surface area contributed by atoms with Gasteiger partial charge < -0.3 is 10.1 Å². The molecule has 3 unspecified atom stereocenters. The fourth-order valence-electron chi connectivity index (χ4n) is 4.47. The van der Waals surface area contributed by atoms with Gasteiger partial charge in [0.2, 0.25) is 0 Å². The number of hydrogen-bond donors (Lipinski definition) is 1. The molecule has 0 spiro atoms. The lowest BCUT2D eigenvalue weighted by Gasteiger charge is -2.21. The maximum absolute atomic E-state index is 10.4. The minimum Gasteiger partial charge on any atom is -0.486 e. The van der Waals surface area contributed by atoms with E-state index in [1.807, 2.05) is 12.1 Å². The Bertz CT molecular complexity index is 929. The van der Waals surface area contributed by atoms with Crippen LogP contribution in [0.3, 0.4) is 0 Å². The largest absolute Gasteiger partial charge is 0.486 e. The number of carbonyl (C=O) groups is 1. The molecule has 1 aliphatic carbocycles. The molecule has 3 nitrogen and oxygen atoms in total. The van der Waals surface area contributed by atoms with Gasteiger partial charge in [0.25, 0.3) is 0 Å². The lowest BCUT2D eigenvalue weighted by Crippen LogP contribution is -2.29. The van der Waals surface area contributed by atoms with Gasteiger partial charge in [0.05, 0.1) is 0 Å². The first-order valence-corrected chi connectivity index (χ1v) is 10.1. The van der Waals surface area contributed by atoms with Gasteiger partial charge in [-0.3, -0.25) is 4.79 Å². The first-order valence-electron chi connectivity index (χ1n) is 10.1. The molecule has 0 amide bonds. The molecule has 0 radical (unpaired) electrons. The summed E-state index contributed by atoms with van der Waals surface area (Å²) in [6, 6.07) is 24.3. The Labute approximate surface area is 166 Å². The molecule has 4 rings (SSSR count). The highest BCUT2D eigenvalue weighted by Gasteiger charge is 2.27. The van der Waals surface area contributed by atoms with Crippen LogP contribution in [-0.4, -0.2) is 18.9 Å². The third-order valence-corrected chi connectivity index (χ3v) is 5.88. The number of nitrogens with one attached hydrogen (secondary N) is 1. The quantitative estimate of drug-likeness (QED) is 0.563. The van der Waals surface area contributed by atoms with Gasteiger partial charge in [-0.1, -0.05) is 54.6 Å². The molecule has 0 heterocycles. The van der Waals surface area contributed by atoms with Crippen LogP contribution in [0, 0.1) is 0 Å². The summed E-state index contributed by atoms with van der Waals surface area (Å²) in [4.78, 5) is 10.4. The van der Waals surface area contributed by atoms with Crippen molar-refractivity contribution in [2.45, 2.75) is 44.2 Å². The van der Waals surface area contributed by atoms with Crippen LogP contribution in [0.15, 0.2) is 66.7 Å². The van der Waals surface area contributed by atoms with Gasteiger partial charge in [0.15, 0.2) is 6.29 Å². The van der Waals surface area contributed by atoms with Crippen molar-refractivity contribution in [1.82, 2.24) is 5.32 Å². The first-order chi connectivity index (χ1) is 13.7. The molecular weight excluding hydrogens is 346 g/mol. The van der Waals surface area contributed by atoms with Crippen molar-refractivity contribution in [1.29, 1.82) is 0 Å². The van der Waals surface area contributed by atoms with Crippen LogP contribution in [0.1, 0.15) is 49.3 Å². The third kappa shape index (κ3) is 4.10.